The lowest BCUT2D eigenvalue weighted by atomic mass is 10.2. The first-order chi connectivity index (χ1) is 16.4. The summed E-state index contributed by atoms with van der Waals surface area (Å²) in [5.74, 6) is -1.48. The predicted molar refractivity (Wildman–Crippen MR) is 131 cm³/mol. The van der Waals surface area contributed by atoms with E-state index in [0.717, 1.165) is 11.1 Å². The van der Waals surface area contributed by atoms with Crippen molar-refractivity contribution in [3.05, 3.63) is 94.5 Å². The van der Waals surface area contributed by atoms with Gasteiger partial charge in [0.2, 0.25) is 0 Å². The molecule has 0 atom stereocenters. The first-order valence-electron chi connectivity index (χ1n) is 10.3. The molecule has 0 radical (unpaired) electrons. The Morgan fingerprint density at radius 3 is 2.44 bits per heavy atom. The smallest absolute Gasteiger partial charge is 0.329 e. The maximum Gasteiger partial charge on any atom is 0.329 e. The van der Waals surface area contributed by atoms with E-state index in [4.69, 9.17) is 16.3 Å². The summed E-state index contributed by atoms with van der Waals surface area (Å²) < 4.78 is 5.49. The van der Waals surface area contributed by atoms with Gasteiger partial charge in [-0.15, -0.1) is 0 Å². The van der Waals surface area contributed by atoms with Gasteiger partial charge >= 0.3 is 11.8 Å². The van der Waals surface area contributed by atoms with Crippen LogP contribution in [0.25, 0.3) is 0 Å². The summed E-state index contributed by atoms with van der Waals surface area (Å²) in [4.78, 5) is 35.8. The molecule has 3 aromatic rings. The maximum absolute atomic E-state index is 12.1. The monoisotopic (exact) mass is 478 g/mol. The van der Waals surface area contributed by atoms with Gasteiger partial charge in [-0.3, -0.25) is 14.4 Å². The van der Waals surface area contributed by atoms with Crippen LogP contribution in [0.15, 0.2) is 77.9 Å². The third-order valence-corrected chi connectivity index (χ3v) is 4.84. The second kappa shape index (κ2) is 12.2. The molecule has 3 amide bonds. The van der Waals surface area contributed by atoms with Crippen molar-refractivity contribution >= 4 is 41.2 Å². The molecule has 0 aromatic heterocycles. The Morgan fingerprint density at radius 1 is 0.971 bits per heavy atom. The highest BCUT2D eigenvalue weighted by Gasteiger charge is 2.11. The van der Waals surface area contributed by atoms with E-state index in [-0.39, 0.29) is 19.1 Å². The van der Waals surface area contributed by atoms with Crippen molar-refractivity contribution in [3.8, 4) is 5.75 Å². The van der Waals surface area contributed by atoms with E-state index < -0.39 is 11.8 Å². The first-order valence-corrected chi connectivity index (χ1v) is 10.7. The minimum absolute atomic E-state index is 0.173. The molecule has 3 rings (SSSR count). The Bertz CT molecular complexity index is 1180. The number of benzene rings is 3. The second-order valence-corrected chi connectivity index (χ2v) is 7.67. The molecule has 0 fully saturated rings. The Balaban J connectivity index is 1.41. The van der Waals surface area contributed by atoms with Crippen LogP contribution in [0.5, 0.6) is 5.75 Å². The minimum atomic E-state index is -0.868. The predicted octanol–water partition coefficient (Wildman–Crippen LogP) is 3.43. The fourth-order valence-corrected chi connectivity index (χ4v) is 2.96. The molecule has 0 saturated heterocycles. The zero-order valence-electron chi connectivity index (χ0n) is 18.4. The van der Waals surface area contributed by atoms with E-state index in [1.807, 2.05) is 43.3 Å². The van der Waals surface area contributed by atoms with Crippen molar-refractivity contribution in [2.24, 2.45) is 5.10 Å². The Labute approximate surface area is 202 Å². The lowest BCUT2D eigenvalue weighted by Gasteiger charge is -2.10. The van der Waals surface area contributed by atoms with E-state index in [0.29, 0.717) is 22.0 Å². The van der Waals surface area contributed by atoms with Crippen LogP contribution >= 0.6 is 11.6 Å². The van der Waals surface area contributed by atoms with Crippen LogP contribution in [0.1, 0.15) is 16.7 Å². The van der Waals surface area contributed by atoms with Gasteiger partial charge in [0.15, 0.2) is 6.61 Å². The number of nitrogens with one attached hydrogen (secondary N) is 3. The van der Waals surface area contributed by atoms with Crippen molar-refractivity contribution < 1.29 is 19.1 Å². The van der Waals surface area contributed by atoms with Gasteiger partial charge in [0, 0.05) is 17.3 Å². The number of nitrogens with zero attached hydrogens (tertiary/aromatic N) is 1. The summed E-state index contributed by atoms with van der Waals surface area (Å²) in [6.45, 7) is 1.94. The Kier molecular flexibility index (Phi) is 8.76. The first kappa shape index (κ1) is 24.5. The molecule has 34 heavy (non-hydrogen) atoms. The standard InChI is InChI=1S/C25H23ClN4O4/c1-17-7-10-20(26)13-22(17)29-23(31)16-34-21-11-8-19(9-12-21)15-28-30-25(33)24(32)27-14-18-5-3-2-4-6-18/h2-13,15H,14,16H2,1H3,(H,27,32)(H,29,31)(H,30,33)/b28-15-. The third-order valence-electron chi connectivity index (χ3n) is 4.61. The largest absolute Gasteiger partial charge is 0.484 e. The molecule has 9 heteroatoms. The molecule has 0 saturated carbocycles. The lowest BCUT2D eigenvalue weighted by molar-refractivity contribution is -0.139. The van der Waals surface area contributed by atoms with Gasteiger partial charge in [-0.05, 0) is 60.0 Å². The SMILES string of the molecule is Cc1ccc(Cl)cc1NC(=O)COc1ccc(/C=N\NC(=O)C(=O)NCc2ccccc2)cc1. The lowest BCUT2D eigenvalue weighted by Crippen LogP contribution is -2.37. The van der Waals surface area contributed by atoms with Crippen LogP contribution < -0.4 is 20.8 Å². The highest BCUT2D eigenvalue weighted by Crippen LogP contribution is 2.20. The zero-order valence-corrected chi connectivity index (χ0v) is 19.1. The fraction of sp³-hybridized carbons (Fsp3) is 0.120. The molecule has 0 unspecified atom stereocenters. The van der Waals surface area contributed by atoms with Crippen molar-refractivity contribution in [1.29, 1.82) is 0 Å². The van der Waals surface area contributed by atoms with E-state index in [2.05, 4.69) is 21.2 Å². The van der Waals surface area contributed by atoms with Gasteiger partial charge < -0.3 is 15.4 Å². The molecular weight excluding hydrogens is 456 g/mol. The molecule has 0 aliphatic carbocycles. The van der Waals surface area contributed by atoms with Crippen molar-refractivity contribution in [2.45, 2.75) is 13.5 Å². The molecular formula is C25H23ClN4O4. The molecule has 8 nitrogen and oxygen atoms in total. The van der Waals surface area contributed by atoms with Gasteiger partial charge in [-0.25, -0.2) is 5.43 Å². The molecule has 3 aromatic carbocycles. The molecule has 0 spiro atoms. The number of anilines is 1. The molecule has 0 bridgehead atoms. The summed E-state index contributed by atoms with van der Waals surface area (Å²) in [7, 11) is 0. The number of carbonyl (C=O) groups excluding carboxylic acids is 3. The van der Waals surface area contributed by atoms with Crippen LogP contribution in [-0.2, 0) is 20.9 Å². The third kappa shape index (κ3) is 7.75. The van der Waals surface area contributed by atoms with Crippen LogP contribution in [0, 0.1) is 6.92 Å². The van der Waals surface area contributed by atoms with E-state index in [1.165, 1.54) is 6.21 Å². The van der Waals surface area contributed by atoms with Crippen LogP contribution in [0.2, 0.25) is 5.02 Å². The van der Waals surface area contributed by atoms with E-state index >= 15 is 0 Å². The molecule has 0 heterocycles. The number of hydrogen-bond acceptors (Lipinski definition) is 5. The minimum Gasteiger partial charge on any atom is -0.484 e. The van der Waals surface area contributed by atoms with Gasteiger partial charge in [0.1, 0.15) is 5.75 Å². The van der Waals surface area contributed by atoms with Gasteiger partial charge in [0.25, 0.3) is 5.91 Å². The number of aryl methyl sites for hydroxylation is 1. The summed E-state index contributed by atoms with van der Waals surface area (Å²) in [5.41, 5.74) is 5.24. The Hall–Kier alpha value is -4.17. The summed E-state index contributed by atoms with van der Waals surface area (Å²) in [5, 5.41) is 9.59. The number of halogens is 1. The normalized spacial score (nSPS) is 10.5. The number of ether oxygens (including phenoxy) is 1. The van der Waals surface area contributed by atoms with Crippen molar-refractivity contribution in [2.75, 3.05) is 11.9 Å². The van der Waals surface area contributed by atoms with Crippen molar-refractivity contribution in [1.82, 2.24) is 10.7 Å². The summed E-state index contributed by atoms with van der Waals surface area (Å²) in [6, 6.07) is 21.2. The number of amides is 3. The van der Waals surface area contributed by atoms with E-state index in [1.54, 1.807) is 36.4 Å². The number of hydrazone groups is 1. The molecule has 0 aliphatic heterocycles. The highest BCUT2D eigenvalue weighted by molar-refractivity contribution is 6.35. The van der Waals surface area contributed by atoms with Crippen LogP contribution in [0.3, 0.4) is 0 Å². The molecule has 3 N–H and O–H groups in total. The average molecular weight is 479 g/mol. The van der Waals surface area contributed by atoms with Crippen molar-refractivity contribution in [3.63, 3.8) is 0 Å². The number of carbonyl (C=O) groups is 3. The number of hydrogen-bond donors (Lipinski definition) is 3. The topological polar surface area (TPSA) is 109 Å². The zero-order chi connectivity index (χ0) is 24.3. The van der Waals surface area contributed by atoms with E-state index in [9.17, 15) is 14.4 Å². The summed E-state index contributed by atoms with van der Waals surface area (Å²) >= 11 is 5.96. The number of rotatable bonds is 8. The second-order valence-electron chi connectivity index (χ2n) is 7.23. The Morgan fingerprint density at radius 2 is 1.71 bits per heavy atom. The van der Waals surface area contributed by atoms with Crippen LogP contribution in [0.4, 0.5) is 5.69 Å². The van der Waals surface area contributed by atoms with Gasteiger partial charge in [-0.2, -0.15) is 5.10 Å². The molecule has 0 aliphatic rings. The average Bonchev–Trinajstić information content (AvgIpc) is 2.85. The quantitative estimate of drug-likeness (QED) is 0.262. The molecule has 174 valence electrons. The highest BCUT2D eigenvalue weighted by atomic mass is 35.5. The fourth-order valence-electron chi connectivity index (χ4n) is 2.79. The van der Waals surface area contributed by atoms with Gasteiger partial charge in [0.05, 0.1) is 6.21 Å². The summed E-state index contributed by atoms with van der Waals surface area (Å²) in [6.07, 6.45) is 1.39. The van der Waals surface area contributed by atoms with Gasteiger partial charge in [-0.1, -0.05) is 48.0 Å². The maximum atomic E-state index is 12.1. The van der Waals surface area contributed by atoms with Crippen LogP contribution in [-0.4, -0.2) is 30.5 Å².